The molecule has 204 valence electrons. The van der Waals surface area contributed by atoms with Crippen LogP contribution in [0.15, 0.2) is 12.2 Å². The molecular formula is C21H33N3O10S2. The molecule has 13 nitrogen and oxygen atoms in total. The molecule has 0 aromatic heterocycles. The average molecular weight is 552 g/mol. The molecule has 5 N–H and O–H groups in total. The van der Waals surface area contributed by atoms with Crippen molar-refractivity contribution < 1.29 is 48.5 Å². The zero-order chi connectivity index (χ0) is 27.9. The summed E-state index contributed by atoms with van der Waals surface area (Å²) >= 11 is 0. The maximum Gasteiger partial charge on any atom is 0.408 e. The standard InChI is InChI=1S/C21H33N3O10S2/c1-12(2)19(31)33-8-9-35-36-11-14(17(28)22-10-16(26)27)23-15(25)7-6-13(18(29)30)24-20(32)34-21(3,4)5/h13-14H,1,6-11H2,2-5H3,(H,22,28)(H,23,25)(H,24,32)(H,26,27)(H,29,30)/t13-,14?/m0/s1. The van der Waals surface area contributed by atoms with Crippen LogP contribution in [-0.4, -0.2) is 88.4 Å². The van der Waals surface area contributed by atoms with E-state index in [1.54, 1.807) is 20.8 Å². The van der Waals surface area contributed by atoms with Crippen molar-refractivity contribution in [2.24, 2.45) is 0 Å². The van der Waals surface area contributed by atoms with Crippen LogP contribution < -0.4 is 16.0 Å². The summed E-state index contributed by atoms with van der Waals surface area (Å²) in [5.41, 5.74) is -0.583. The molecule has 0 saturated carbocycles. The second-order valence-corrected chi connectivity index (χ2v) is 11.0. The molecule has 0 aliphatic rings. The van der Waals surface area contributed by atoms with E-state index in [4.69, 9.17) is 14.6 Å². The number of carboxylic acids is 2. The van der Waals surface area contributed by atoms with Crippen molar-refractivity contribution in [2.75, 3.05) is 24.7 Å². The number of aliphatic carboxylic acids is 2. The van der Waals surface area contributed by atoms with Crippen LogP contribution in [0.25, 0.3) is 0 Å². The minimum Gasteiger partial charge on any atom is -0.480 e. The Morgan fingerprint density at radius 2 is 1.64 bits per heavy atom. The van der Waals surface area contributed by atoms with Crippen LogP contribution in [0.4, 0.5) is 4.79 Å². The fourth-order valence-corrected chi connectivity index (χ4v) is 4.18. The van der Waals surface area contributed by atoms with Gasteiger partial charge in [0.15, 0.2) is 0 Å². The van der Waals surface area contributed by atoms with E-state index in [1.807, 2.05) is 0 Å². The third-order valence-corrected chi connectivity index (χ3v) is 6.16. The molecule has 36 heavy (non-hydrogen) atoms. The number of rotatable bonds is 16. The van der Waals surface area contributed by atoms with Gasteiger partial charge in [0, 0.05) is 23.5 Å². The fourth-order valence-electron chi connectivity index (χ4n) is 2.18. The predicted molar refractivity (Wildman–Crippen MR) is 133 cm³/mol. The van der Waals surface area contributed by atoms with Crippen LogP contribution in [0.5, 0.6) is 0 Å². The molecule has 0 heterocycles. The second-order valence-electron chi connectivity index (χ2n) is 8.33. The number of amides is 3. The molecule has 0 bridgehead atoms. The summed E-state index contributed by atoms with van der Waals surface area (Å²) in [6, 6.07) is -2.52. The summed E-state index contributed by atoms with van der Waals surface area (Å²) in [6.07, 6.45) is -1.58. The number of hydrogen-bond donors (Lipinski definition) is 5. The summed E-state index contributed by atoms with van der Waals surface area (Å²) in [6.45, 7) is 9.25. The van der Waals surface area contributed by atoms with Gasteiger partial charge in [-0.25, -0.2) is 14.4 Å². The number of carboxylic acid groups (broad SMARTS) is 2. The Bertz CT molecular complexity index is 829. The van der Waals surface area contributed by atoms with Gasteiger partial charge in [0.25, 0.3) is 0 Å². The van der Waals surface area contributed by atoms with Crippen molar-refractivity contribution in [2.45, 2.75) is 58.2 Å². The first-order chi connectivity index (χ1) is 16.6. The van der Waals surface area contributed by atoms with Crippen molar-refractivity contribution in [1.29, 1.82) is 0 Å². The van der Waals surface area contributed by atoms with E-state index in [-0.39, 0.29) is 30.8 Å². The molecule has 0 rings (SSSR count). The highest BCUT2D eigenvalue weighted by molar-refractivity contribution is 8.76. The van der Waals surface area contributed by atoms with Crippen molar-refractivity contribution in [3.63, 3.8) is 0 Å². The lowest BCUT2D eigenvalue weighted by molar-refractivity contribution is -0.140. The van der Waals surface area contributed by atoms with Crippen LogP contribution in [0.1, 0.15) is 40.5 Å². The van der Waals surface area contributed by atoms with Gasteiger partial charge in [-0.1, -0.05) is 28.2 Å². The number of ether oxygens (including phenoxy) is 2. The summed E-state index contributed by atoms with van der Waals surface area (Å²) in [5, 5.41) is 24.9. The molecule has 0 radical (unpaired) electrons. The van der Waals surface area contributed by atoms with Crippen LogP contribution in [0.3, 0.4) is 0 Å². The molecule has 1 unspecified atom stereocenters. The zero-order valence-electron chi connectivity index (χ0n) is 20.6. The van der Waals surface area contributed by atoms with E-state index in [0.717, 1.165) is 0 Å². The maximum atomic E-state index is 12.4. The van der Waals surface area contributed by atoms with E-state index in [1.165, 1.54) is 28.5 Å². The Morgan fingerprint density at radius 1 is 1.00 bits per heavy atom. The summed E-state index contributed by atoms with van der Waals surface area (Å²) < 4.78 is 9.95. The monoisotopic (exact) mass is 551 g/mol. The third-order valence-electron chi connectivity index (χ3n) is 3.78. The first kappa shape index (κ1) is 33.1. The van der Waals surface area contributed by atoms with Gasteiger partial charge >= 0.3 is 24.0 Å². The molecule has 3 amide bonds. The highest BCUT2D eigenvalue weighted by Gasteiger charge is 2.26. The molecule has 15 heteroatoms. The first-order valence-electron chi connectivity index (χ1n) is 10.7. The van der Waals surface area contributed by atoms with Crippen molar-refractivity contribution >= 4 is 57.4 Å². The van der Waals surface area contributed by atoms with E-state index in [2.05, 4.69) is 22.5 Å². The van der Waals surface area contributed by atoms with Crippen LogP contribution in [0, 0.1) is 0 Å². The lowest BCUT2D eigenvalue weighted by atomic mass is 10.1. The normalized spacial score (nSPS) is 12.4. The number of esters is 1. The zero-order valence-corrected chi connectivity index (χ0v) is 22.2. The minimum absolute atomic E-state index is 0.0504. The van der Waals surface area contributed by atoms with Gasteiger partial charge in [0.2, 0.25) is 11.8 Å². The number of carbonyl (C=O) groups is 6. The number of alkyl carbamates (subject to hydrolysis) is 1. The Kier molecular flexibility index (Phi) is 15.3. The van der Waals surface area contributed by atoms with Crippen LogP contribution in [-0.2, 0) is 33.4 Å². The Labute approximate surface area is 216 Å². The van der Waals surface area contributed by atoms with Gasteiger partial charge < -0.3 is 35.6 Å². The van der Waals surface area contributed by atoms with Crippen molar-refractivity contribution in [3.8, 4) is 0 Å². The van der Waals surface area contributed by atoms with Gasteiger partial charge in [-0.3, -0.25) is 14.4 Å². The van der Waals surface area contributed by atoms with Gasteiger partial charge in [-0.15, -0.1) is 0 Å². The molecule has 2 atom stereocenters. The Balaban J connectivity index is 4.84. The van der Waals surface area contributed by atoms with Crippen molar-refractivity contribution in [3.05, 3.63) is 12.2 Å². The van der Waals surface area contributed by atoms with Crippen LogP contribution in [0.2, 0.25) is 0 Å². The van der Waals surface area contributed by atoms with Crippen molar-refractivity contribution in [1.82, 2.24) is 16.0 Å². The molecular weight excluding hydrogens is 518 g/mol. The van der Waals surface area contributed by atoms with Gasteiger partial charge in [0.1, 0.15) is 30.8 Å². The fraction of sp³-hybridized carbons (Fsp3) is 0.619. The molecule has 0 aromatic rings. The largest absolute Gasteiger partial charge is 0.480 e. The third kappa shape index (κ3) is 16.6. The van der Waals surface area contributed by atoms with Gasteiger partial charge in [-0.05, 0) is 34.1 Å². The van der Waals surface area contributed by atoms with E-state index in [0.29, 0.717) is 5.75 Å². The summed E-state index contributed by atoms with van der Waals surface area (Å²) in [7, 11) is 2.44. The van der Waals surface area contributed by atoms with E-state index < -0.39 is 60.0 Å². The average Bonchev–Trinajstić information content (AvgIpc) is 2.74. The molecule has 0 spiro atoms. The molecule has 0 aliphatic heterocycles. The lowest BCUT2D eigenvalue weighted by Crippen LogP contribution is -2.49. The van der Waals surface area contributed by atoms with Crippen LogP contribution >= 0.6 is 21.6 Å². The lowest BCUT2D eigenvalue weighted by Gasteiger charge is -2.22. The Hall–Kier alpha value is -2.94. The molecule has 0 saturated heterocycles. The maximum absolute atomic E-state index is 12.4. The highest BCUT2D eigenvalue weighted by atomic mass is 33.1. The summed E-state index contributed by atoms with van der Waals surface area (Å²) in [4.78, 5) is 70.1. The number of nitrogens with one attached hydrogen (secondary N) is 3. The smallest absolute Gasteiger partial charge is 0.408 e. The van der Waals surface area contributed by atoms with E-state index in [9.17, 15) is 33.9 Å². The highest BCUT2D eigenvalue weighted by Crippen LogP contribution is 2.22. The number of hydrogen-bond acceptors (Lipinski definition) is 10. The van der Waals surface area contributed by atoms with Gasteiger partial charge in [-0.2, -0.15) is 0 Å². The SMILES string of the molecule is C=C(C)C(=O)OCCSSCC(NC(=O)CC[C@H](NC(=O)OC(C)(C)C)C(=O)O)C(=O)NCC(=O)O. The minimum atomic E-state index is -1.41. The molecule has 0 fully saturated rings. The van der Waals surface area contributed by atoms with Gasteiger partial charge in [0.05, 0.1) is 0 Å². The topological polar surface area (TPSA) is 197 Å². The predicted octanol–water partition coefficient (Wildman–Crippen LogP) is 0.931. The molecule has 0 aliphatic carbocycles. The summed E-state index contributed by atoms with van der Waals surface area (Å²) in [5.74, 6) is -4.15. The second kappa shape index (κ2) is 16.7. The Morgan fingerprint density at radius 3 is 2.17 bits per heavy atom. The van der Waals surface area contributed by atoms with E-state index >= 15 is 0 Å². The quantitative estimate of drug-likeness (QED) is 0.0788. The molecule has 0 aromatic carbocycles. The first-order valence-corrected chi connectivity index (χ1v) is 13.2. The number of carbonyl (C=O) groups excluding carboxylic acids is 4.